The average Bonchev–Trinajstić information content (AvgIpc) is 2.95. The first-order chi connectivity index (χ1) is 13.2. The summed E-state index contributed by atoms with van der Waals surface area (Å²) in [6.07, 6.45) is 2.04. The topological polar surface area (TPSA) is 44.1 Å². The van der Waals surface area contributed by atoms with Crippen molar-refractivity contribution in [3.63, 3.8) is 0 Å². The number of ether oxygens (including phenoxy) is 1. The number of nitrogens with zero attached hydrogens (tertiary/aromatic N) is 2. The van der Waals surface area contributed by atoms with Gasteiger partial charge in [0.2, 0.25) is 11.7 Å². The lowest BCUT2D eigenvalue weighted by Crippen LogP contribution is -2.10. The Balaban J connectivity index is 2.63. The van der Waals surface area contributed by atoms with E-state index in [1.807, 2.05) is 32.4 Å². The summed E-state index contributed by atoms with van der Waals surface area (Å²) >= 11 is 6.48. The molecule has 1 aromatic carbocycles. The predicted molar refractivity (Wildman–Crippen MR) is 117 cm³/mol. The number of aromatic nitrogens is 2. The van der Waals surface area contributed by atoms with Crippen LogP contribution >= 0.6 is 11.6 Å². The van der Waals surface area contributed by atoms with Crippen LogP contribution in [0.15, 0.2) is 17.7 Å². The molecule has 5 heteroatoms. The fourth-order valence-corrected chi connectivity index (χ4v) is 3.68. The largest absolute Gasteiger partial charge is 0.478 e. The number of hydrogen-bond acceptors (Lipinski definition) is 3. The van der Waals surface area contributed by atoms with Crippen molar-refractivity contribution >= 4 is 23.0 Å². The molecule has 0 amide bonds. The number of carbonyl (C=O) groups is 1. The number of carbonyl (C=O) groups excluding carboxylic acids is 1. The van der Waals surface area contributed by atoms with E-state index >= 15 is 0 Å². The van der Waals surface area contributed by atoms with Crippen LogP contribution in [0.3, 0.4) is 0 Å². The van der Waals surface area contributed by atoms with Gasteiger partial charge in [0.25, 0.3) is 0 Å². The second-order valence-electron chi connectivity index (χ2n) is 7.32. The third kappa shape index (κ3) is 4.33. The fourth-order valence-electron chi connectivity index (χ4n) is 3.33. The van der Waals surface area contributed by atoms with Crippen LogP contribution in [0.4, 0.5) is 0 Å². The van der Waals surface area contributed by atoms with E-state index in [2.05, 4.69) is 25.9 Å². The van der Waals surface area contributed by atoms with Gasteiger partial charge in [-0.15, -0.1) is 0 Å². The van der Waals surface area contributed by atoms with Crippen LogP contribution in [0.2, 0.25) is 5.02 Å². The Kier molecular flexibility index (Phi) is 7.48. The van der Waals surface area contributed by atoms with Gasteiger partial charge in [0.1, 0.15) is 5.56 Å². The van der Waals surface area contributed by atoms with Crippen LogP contribution in [0.25, 0.3) is 5.57 Å². The molecule has 0 spiro atoms. The Morgan fingerprint density at radius 2 is 1.82 bits per heavy atom. The first-order valence-corrected chi connectivity index (χ1v) is 10.3. The summed E-state index contributed by atoms with van der Waals surface area (Å²) in [5, 5.41) is 5.24. The van der Waals surface area contributed by atoms with Gasteiger partial charge in [-0.2, -0.15) is 5.10 Å². The lowest BCUT2D eigenvalue weighted by atomic mass is 9.91. The second-order valence-corrected chi connectivity index (χ2v) is 7.73. The smallest absolute Gasteiger partial charge is 0.223 e. The highest BCUT2D eigenvalue weighted by Gasteiger charge is 2.26. The minimum absolute atomic E-state index is 0.0688. The van der Waals surface area contributed by atoms with Crippen molar-refractivity contribution in [2.45, 2.75) is 67.9 Å². The van der Waals surface area contributed by atoms with Crippen LogP contribution in [-0.4, -0.2) is 22.2 Å². The van der Waals surface area contributed by atoms with Gasteiger partial charge in [-0.05, 0) is 76.8 Å². The average molecular weight is 403 g/mol. The summed E-state index contributed by atoms with van der Waals surface area (Å²) < 4.78 is 7.67. The van der Waals surface area contributed by atoms with E-state index in [1.54, 1.807) is 12.1 Å². The fraction of sp³-hybridized carbons (Fsp3) is 0.478. The van der Waals surface area contributed by atoms with E-state index in [-0.39, 0.29) is 5.78 Å². The van der Waals surface area contributed by atoms with Crippen molar-refractivity contribution in [2.24, 2.45) is 0 Å². The molecule has 4 nitrogen and oxygen atoms in total. The Morgan fingerprint density at radius 3 is 2.39 bits per heavy atom. The third-order valence-electron chi connectivity index (χ3n) is 5.10. The van der Waals surface area contributed by atoms with Crippen molar-refractivity contribution in [1.29, 1.82) is 0 Å². The molecule has 0 saturated carbocycles. The lowest BCUT2D eigenvalue weighted by molar-refractivity contribution is 0.103. The van der Waals surface area contributed by atoms with Crippen molar-refractivity contribution in [3.05, 3.63) is 50.7 Å². The quantitative estimate of drug-likeness (QED) is 0.480. The van der Waals surface area contributed by atoms with Crippen molar-refractivity contribution < 1.29 is 9.53 Å². The predicted octanol–water partition coefficient (Wildman–Crippen LogP) is 6.40. The molecule has 0 radical (unpaired) electrons. The van der Waals surface area contributed by atoms with Gasteiger partial charge < -0.3 is 4.74 Å². The first kappa shape index (κ1) is 22.2. The molecule has 2 rings (SSSR count). The second kappa shape index (κ2) is 9.42. The number of hydrogen-bond donors (Lipinski definition) is 0. The lowest BCUT2D eigenvalue weighted by Gasteiger charge is -2.15. The number of ketones is 1. The highest BCUT2D eigenvalue weighted by Crippen LogP contribution is 2.34. The van der Waals surface area contributed by atoms with Gasteiger partial charge in [0.05, 0.1) is 12.3 Å². The van der Waals surface area contributed by atoms with Gasteiger partial charge in [0, 0.05) is 17.1 Å². The number of unbranched alkanes of at least 4 members (excludes halogenated alkanes) is 1. The summed E-state index contributed by atoms with van der Waals surface area (Å²) in [5.41, 5.74) is 5.97. The minimum Gasteiger partial charge on any atom is -0.478 e. The number of aryl methyl sites for hydroxylation is 2. The standard InChI is InChI=1S/C23H31ClN2O2/c1-8-10-13-26-23(28-9-2)21(17(7)25-26)22(27)18-11-12-19(24)20(16(18)6)15(5)14(3)4/h11-12H,8-10,13H2,1-7H3. The Morgan fingerprint density at radius 1 is 1.14 bits per heavy atom. The molecule has 0 aliphatic rings. The zero-order valence-corrected chi connectivity index (χ0v) is 18.8. The SMILES string of the molecule is CCCCn1nc(C)c(C(=O)c2ccc(Cl)c(C(C)=C(C)C)c2C)c1OCC. The molecule has 1 heterocycles. The molecule has 0 unspecified atom stereocenters. The van der Waals surface area contributed by atoms with Gasteiger partial charge in [-0.25, -0.2) is 4.68 Å². The van der Waals surface area contributed by atoms with Crippen LogP contribution in [0, 0.1) is 13.8 Å². The monoisotopic (exact) mass is 402 g/mol. The summed E-state index contributed by atoms with van der Waals surface area (Å²) in [4.78, 5) is 13.5. The molecule has 28 heavy (non-hydrogen) atoms. The maximum absolute atomic E-state index is 13.5. The summed E-state index contributed by atoms with van der Waals surface area (Å²) in [7, 11) is 0. The molecule has 0 saturated heterocycles. The Labute approximate surface area is 173 Å². The normalized spacial score (nSPS) is 10.9. The maximum atomic E-state index is 13.5. The van der Waals surface area contributed by atoms with Crippen LogP contribution < -0.4 is 4.74 Å². The third-order valence-corrected chi connectivity index (χ3v) is 5.41. The van der Waals surface area contributed by atoms with E-state index in [9.17, 15) is 4.79 Å². The minimum atomic E-state index is -0.0688. The highest BCUT2D eigenvalue weighted by molar-refractivity contribution is 6.32. The van der Waals surface area contributed by atoms with Crippen molar-refractivity contribution in [1.82, 2.24) is 9.78 Å². The first-order valence-electron chi connectivity index (χ1n) is 9.92. The van der Waals surface area contributed by atoms with E-state index < -0.39 is 0 Å². The van der Waals surface area contributed by atoms with E-state index in [0.29, 0.717) is 34.3 Å². The molecule has 1 aromatic heterocycles. The maximum Gasteiger partial charge on any atom is 0.223 e. The summed E-state index contributed by atoms with van der Waals surface area (Å²) in [6.45, 7) is 15.2. The Hall–Kier alpha value is -2.07. The zero-order valence-electron chi connectivity index (χ0n) is 18.1. The number of allylic oxidation sites excluding steroid dienone is 2. The molecule has 0 atom stereocenters. The summed E-state index contributed by atoms with van der Waals surface area (Å²) in [5.74, 6) is 0.494. The van der Waals surface area contributed by atoms with Gasteiger partial charge in [-0.3, -0.25) is 4.79 Å². The van der Waals surface area contributed by atoms with Crippen molar-refractivity contribution in [2.75, 3.05) is 6.61 Å². The van der Waals surface area contributed by atoms with Gasteiger partial charge in [-0.1, -0.05) is 30.5 Å². The molecule has 0 aliphatic carbocycles. The molecule has 0 aliphatic heterocycles. The molecular formula is C23H31ClN2O2. The highest BCUT2D eigenvalue weighted by atomic mass is 35.5. The van der Waals surface area contributed by atoms with Gasteiger partial charge >= 0.3 is 0 Å². The Bertz CT molecular complexity index is 906. The van der Waals surface area contributed by atoms with Crippen LogP contribution in [-0.2, 0) is 6.54 Å². The molecule has 2 aromatic rings. The number of halogens is 1. The zero-order chi connectivity index (χ0) is 21.0. The molecule has 0 bridgehead atoms. The molecule has 0 fully saturated rings. The van der Waals surface area contributed by atoms with Crippen molar-refractivity contribution in [3.8, 4) is 5.88 Å². The van der Waals surface area contributed by atoms with E-state index in [0.717, 1.165) is 36.1 Å². The molecule has 0 N–H and O–H groups in total. The van der Waals surface area contributed by atoms with Gasteiger partial charge in [0.15, 0.2) is 0 Å². The van der Waals surface area contributed by atoms with Crippen LogP contribution in [0.1, 0.15) is 80.2 Å². The summed E-state index contributed by atoms with van der Waals surface area (Å²) in [6, 6.07) is 3.61. The van der Waals surface area contributed by atoms with E-state index in [4.69, 9.17) is 16.3 Å². The van der Waals surface area contributed by atoms with E-state index in [1.165, 1.54) is 5.57 Å². The number of rotatable bonds is 8. The van der Waals surface area contributed by atoms with Crippen LogP contribution in [0.5, 0.6) is 5.88 Å². The molecular weight excluding hydrogens is 372 g/mol. The molecule has 152 valence electrons. The number of benzene rings is 1.